The number of aryl methyl sites for hydroxylation is 2. The Morgan fingerprint density at radius 2 is 1.96 bits per heavy atom. The van der Waals surface area contributed by atoms with Crippen LogP contribution < -0.4 is 10.9 Å². The van der Waals surface area contributed by atoms with Crippen LogP contribution in [0.3, 0.4) is 0 Å². The number of halogens is 1. The maximum absolute atomic E-state index is 12.6. The number of amides is 1. The minimum Gasteiger partial charge on any atom is -0.350 e. The predicted molar refractivity (Wildman–Crippen MR) is 111 cm³/mol. The Kier molecular flexibility index (Phi) is 6.06. The van der Waals surface area contributed by atoms with Crippen LogP contribution in [0.4, 0.5) is 0 Å². The molecule has 0 aliphatic rings. The standard InChI is InChI=1S/C21H22BrN3O2/c1-3-15-4-6-16(7-5-15)14(2)24-20(26)10-11-25-13-23-19-9-8-17(22)12-18(19)21(25)27/h4-9,12-14H,3,10-11H2,1-2H3,(H,24,26). The lowest BCUT2D eigenvalue weighted by Gasteiger charge is -2.15. The zero-order valence-corrected chi connectivity index (χ0v) is 17.0. The van der Waals surface area contributed by atoms with E-state index >= 15 is 0 Å². The van der Waals surface area contributed by atoms with Crippen molar-refractivity contribution in [2.45, 2.75) is 39.3 Å². The minimum absolute atomic E-state index is 0.0780. The van der Waals surface area contributed by atoms with Crippen LogP contribution in [0.1, 0.15) is 37.4 Å². The van der Waals surface area contributed by atoms with Gasteiger partial charge < -0.3 is 5.32 Å². The number of fused-ring (bicyclic) bond motifs is 1. The monoisotopic (exact) mass is 427 g/mol. The van der Waals surface area contributed by atoms with Crippen LogP contribution in [0.5, 0.6) is 0 Å². The molecule has 1 heterocycles. The summed E-state index contributed by atoms with van der Waals surface area (Å²) in [6.45, 7) is 4.37. The van der Waals surface area contributed by atoms with Gasteiger partial charge in [-0.2, -0.15) is 0 Å². The van der Waals surface area contributed by atoms with Crippen LogP contribution >= 0.6 is 15.9 Å². The molecule has 0 saturated heterocycles. The van der Waals surface area contributed by atoms with Gasteiger partial charge >= 0.3 is 0 Å². The van der Waals surface area contributed by atoms with Crippen LogP contribution in [-0.4, -0.2) is 15.5 Å². The molecule has 0 saturated carbocycles. The van der Waals surface area contributed by atoms with Crippen LogP contribution in [0.15, 0.2) is 58.1 Å². The Morgan fingerprint density at radius 3 is 2.67 bits per heavy atom. The molecule has 3 aromatic rings. The van der Waals surface area contributed by atoms with Gasteiger partial charge in [-0.25, -0.2) is 4.98 Å². The molecule has 1 N–H and O–H groups in total. The summed E-state index contributed by atoms with van der Waals surface area (Å²) in [6.07, 6.45) is 2.71. The topological polar surface area (TPSA) is 64.0 Å². The summed E-state index contributed by atoms with van der Waals surface area (Å²) in [5.41, 5.74) is 2.84. The summed E-state index contributed by atoms with van der Waals surface area (Å²) >= 11 is 3.37. The highest BCUT2D eigenvalue weighted by Gasteiger charge is 2.11. The summed E-state index contributed by atoms with van der Waals surface area (Å²) in [5.74, 6) is -0.0942. The molecule has 5 nitrogen and oxygen atoms in total. The number of carbonyl (C=O) groups is 1. The molecule has 1 unspecified atom stereocenters. The fourth-order valence-corrected chi connectivity index (χ4v) is 3.31. The highest BCUT2D eigenvalue weighted by atomic mass is 79.9. The summed E-state index contributed by atoms with van der Waals surface area (Å²) in [4.78, 5) is 29.2. The number of nitrogens with one attached hydrogen (secondary N) is 1. The number of benzene rings is 2. The molecule has 6 heteroatoms. The molecule has 3 rings (SSSR count). The van der Waals surface area contributed by atoms with E-state index in [0.29, 0.717) is 17.4 Å². The first-order valence-corrected chi connectivity index (χ1v) is 9.80. The fraction of sp³-hybridized carbons (Fsp3) is 0.286. The SMILES string of the molecule is CCc1ccc(C(C)NC(=O)CCn2cnc3ccc(Br)cc3c2=O)cc1. The van der Waals surface area contributed by atoms with Crippen molar-refractivity contribution in [3.8, 4) is 0 Å². The van der Waals surface area contributed by atoms with Gasteiger partial charge in [0, 0.05) is 17.4 Å². The van der Waals surface area contributed by atoms with E-state index in [0.717, 1.165) is 16.5 Å². The lowest BCUT2D eigenvalue weighted by Crippen LogP contribution is -2.29. The van der Waals surface area contributed by atoms with E-state index in [2.05, 4.69) is 45.3 Å². The molecule has 0 aliphatic heterocycles. The third-order valence-electron chi connectivity index (χ3n) is 4.63. The van der Waals surface area contributed by atoms with Crippen LogP contribution in [0.2, 0.25) is 0 Å². The maximum Gasteiger partial charge on any atom is 0.261 e. The quantitative estimate of drug-likeness (QED) is 0.646. The summed E-state index contributed by atoms with van der Waals surface area (Å²) in [7, 11) is 0. The van der Waals surface area contributed by atoms with Crippen molar-refractivity contribution in [1.82, 2.24) is 14.9 Å². The van der Waals surface area contributed by atoms with Crippen molar-refractivity contribution in [3.63, 3.8) is 0 Å². The lowest BCUT2D eigenvalue weighted by atomic mass is 10.0. The van der Waals surface area contributed by atoms with Crippen molar-refractivity contribution >= 4 is 32.7 Å². The average molecular weight is 428 g/mol. The van der Waals surface area contributed by atoms with Gasteiger partial charge in [-0.3, -0.25) is 14.2 Å². The zero-order chi connectivity index (χ0) is 19.4. The second-order valence-corrected chi connectivity index (χ2v) is 7.45. The molecule has 1 atom stereocenters. The fourth-order valence-electron chi connectivity index (χ4n) is 2.95. The van der Waals surface area contributed by atoms with Gasteiger partial charge in [0.25, 0.3) is 5.56 Å². The van der Waals surface area contributed by atoms with Crippen LogP contribution in [-0.2, 0) is 17.8 Å². The molecule has 2 aromatic carbocycles. The van der Waals surface area contributed by atoms with Gasteiger partial charge in [-0.1, -0.05) is 47.1 Å². The summed E-state index contributed by atoms with van der Waals surface area (Å²) < 4.78 is 2.31. The molecule has 1 aromatic heterocycles. The molecule has 27 heavy (non-hydrogen) atoms. The molecular formula is C21H22BrN3O2. The van der Waals surface area contributed by atoms with E-state index < -0.39 is 0 Å². The van der Waals surface area contributed by atoms with Crippen molar-refractivity contribution < 1.29 is 4.79 Å². The molecule has 0 aliphatic carbocycles. The number of hydrogen-bond acceptors (Lipinski definition) is 3. The number of nitrogens with zero attached hydrogens (tertiary/aromatic N) is 2. The first-order valence-electron chi connectivity index (χ1n) is 9.01. The van der Waals surface area contributed by atoms with Gasteiger partial charge in [0.05, 0.1) is 23.3 Å². The minimum atomic E-state index is -0.141. The average Bonchev–Trinajstić information content (AvgIpc) is 2.68. The maximum atomic E-state index is 12.6. The molecule has 0 radical (unpaired) electrons. The van der Waals surface area contributed by atoms with Crippen molar-refractivity contribution in [1.29, 1.82) is 0 Å². The number of rotatable bonds is 6. The Bertz CT molecular complexity index is 1010. The van der Waals surface area contributed by atoms with Gasteiger partial charge in [0.2, 0.25) is 5.91 Å². The number of hydrogen-bond donors (Lipinski definition) is 1. The second kappa shape index (κ2) is 8.48. The largest absolute Gasteiger partial charge is 0.350 e. The van der Waals surface area contributed by atoms with Gasteiger partial charge in [-0.15, -0.1) is 0 Å². The highest BCUT2D eigenvalue weighted by molar-refractivity contribution is 9.10. The van der Waals surface area contributed by atoms with E-state index in [-0.39, 0.29) is 23.9 Å². The predicted octanol–water partition coefficient (Wildman–Crippen LogP) is 3.99. The first-order chi connectivity index (χ1) is 13.0. The summed E-state index contributed by atoms with van der Waals surface area (Å²) in [6, 6.07) is 13.6. The van der Waals surface area contributed by atoms with E-state index in [4.69, 9.17) is 0 Å². The van der Waals surface area contributed by atoms with Crippen LogP contribution in [0.25, 0.3) is 10.9 Å². The Labute approximate surface area is 166 Å². The Balaban J connectivity index is 1.64. The molecular weight excluding hydrogens is 406 g/mol. The summed E-state index contributed by atoms with van der Waals surface area (Å²) in [5, 5.41) is 3.53. The molecule has 140 valence electrons. The third-order valence-corrected chi connectivity index (χ3v) is 5.12. The van der Waals surface area contributed by atoms with Gasteiger partial charge in [0.15, 0.2) is 0 Å². The van der Waals surface area contributed by atoms with Gasteiger partial charge in [0.1, 0.15) is 0 Å². The zero-order valence-electron chi connectivity index (χ0n) is 15.4. The molecule has 0 fully saturated rings. The third kappa shape index (κ3) is 4.63. The molecule has 1 amide bonds. The molecule has 0 bridgehead atoms. The smallest absolute Gasteiger partial charge is 0.261 e. The van der Waals surface area contributed by atoms with E-state index in [1.54, 1.807) is 12.1 Å². The second-order valence-electron chi connectivity index (χ2n) is 6.54. The van der Waals surface area contributed by atoms with Crippen LogP contribution in [0, 0.1) is 0 Å². The van der Waals surface area contributed by atoms with E-state index in [1.165, 1.54) is 16.5 Å². The lowest BCUT2D eigenvalue weighted by molar-refractivity contribution is -0.121. The number of carbonyl (C=O) groups excluding carboxylic acids is 1. The Hall–Kier alpha value is -2.47. The number of aromatic nitrogens is 2. The van der Waals surface area contributed by atoms with E-state index in [9.17, 15) is 9.59 Å². The van der Waals surface area contributed by atoms with Gasteiger partial charge in [-0.05, 0) is 42.7 Å². The highest BCUT2D eigenvalue weighted by Crippen LogP contribution is 2.15. The first kappa shape index (κ1) is 19.3. The van der Waals surface area contributed by atoms with Crippen molar-refractivity contribution in [3.05, 3.63) is 74.7 Å². The Morgan fingerprint density at radius 1 is 1.22 bits per heavy atom. The van der Waals surface area contributed by atoms with Crippen molar-refractivity contribution in [2.24, 2.45) is 0 Å². The van der Waals surface area contributed by atoms with Crippen molar-refractivity contribution in [2.75, 3.05) is 0 Å². The normalized spacial score (nSPS) is 12.1. The molecule has 0 spiro atoms. The van der Waals surface area contributed by atoms with E-state index in [1.807, 2.05) is 25.1 Å².